The first kappa shape index (κ1) is 15.5. The monoisotopic (exact) mass is 328 g/mol. The Morgan fingerprint density at radius 1 is 1.55 bits per heavy atom. The summed E-state index contributed by atoms with van der Waals surface area (Å²) in [5, 5.41) is 18.7. The Morgan fingerprint density at radius 2 is 2.35 bits per heavy atom. The van der Waals surface area contributed by atoms with E-state index in [0.717, 1.165) is 10.6 Å². The van der Waals surface area contributed by atoms with Crippen molar-refractivity contribution in [1.29, 1.82) is 0 Å². The summed E-state index contributed by atoms with van der Waals surface area (Å²) in [7, 11) is 0. The normalized spacial score (nSPS) is 13.9. The minimum atomic E-state index is -0.192. The van der Waals surface area contributed by atoms with E-state index < -0.39 is 0 Å². The fourth-order valence-electron chi connectivity index (χ4n) is 1.71. The molecule has 7 heteroatoms. The summed E-state index contributed by atoms with van der Waals surface area (Å²) in [5.74, 6) is -0.192. The van der Waals surface area contributed by atoms with E-state index in [9.17, 15) is 9.90 Å². The van der Waals surface area contributed by atoms with E-state index in [-0.39, 0.29) is 23.8 Å². The number of hydrogen-bond acceptors (Lipinski definition) is 6. The van der Waals surface area contributed by atoms with Crippen molar-refractivity contribution in [3.8, 4) is 10.6 Å². The number of rotatable bonds is 6. The molecule has 0 spiro atoms. The topological polar surface area (TPSA) is 62.2 Å². The number of thiophene rings is 1. The number of carbonyl (C=O) groups excluding carboxylic acids is 1. The van der Waals surface area contributed by atoms with Crippen LogP contribution in [0.15, 0.2) is 22.2 Å². The largest absolute Gasteiger partial charge is 0.395 e. The van der Waals surface area contributed by atoms with E-state index >= 15 is 0 Å². The number of aliphatic hydroxyl groups excluding tert-OH is 1. The summed E-state index contributed by atoms with van der Waals surface area (Å²) in [6.45, 7) is 1.93. The van der Waals surface area contributed by atoms with Crippen molar-refractivity contribution >= 4 is 40.3 Å². The second-order valence-electron chi connectivity index (χ2n) is 4.27. The second kappa shape index (κ2) is 7.21. The van der Waals surface area contributed by atoms with Gasteiger partial charge in [-0.3, -0.25) is 4.79 Å². The molecule has 2 rings (SSSR count). The summed E-state index contributed by atoms with van der Waals surface area (Å²) in [6, 6.07) is 1.89. The highest BCUT2D eigenvalue weighted by molar-refractivity contribution is 7.99. The van der Waals surface area contributed by atoms with Gasteiger partial charge in [0.1, 0.15) is 10.7 Å². The van der Waals surface area contributed by atoms with Crippen LogP contribution >= 0.6 is 34.4 Å². The van der Waals surface area contributed by atoms with Gasteiger partial charge < -0.3 is 10.4 Å². The number of aromatic nitrogens is 1. The smallest absolute Gasteiger partial charge is 0.271 e. The van der Waals surface area contributed by atoms with Gasteiger partial charge in [-0.15, -0.1) is 11.3 Å². The molecule has 0 bridgehead atoms. The van der Waals surface area contributed by atoms with Crippen LogP contribution in [0.25, 0.3) is 10.6 Å². The van der Waals surface area contributed by atoms with Gasteiger partial charge in [0.05, 0.1) is 6.61 Å². The van der Waals surface area contributed by atoms with Gasteiger partial charge in [0, 0.05) is 27.6 Å². The number of nitrogens with zero attached hydrogens (tertiary/aromatic N) is 1. The van der Waals surface area contributed by atoms with Crippen LogP contribution in [0, 0.1) is 0 Å². The van der Waals surface area contributed by atoms with Crippen LogP contribution < -0.4 is 5.32 Å². The molecule has 2 N–H and O–H groups in total. The van der Waals surface area contributed by atoms with Gasteiger partial charge >= 0.3 is 0 Å². The first-order valence-corrected chi connectivity index (χ1v) is 9.19. The lowest BCUT2D eigenvalue weighted by molar-refractivity contribution is 0.0931. The van der Waals surface area contributed by atoms with Crippen molar-refractivity contribution in [3.63, 3.8) is 0 Å². The van der Waals surface area contributed by atoms with Gasteiger partial charge in [-0.1, -0.05) is 0 Å². The van der Waals surface area contributed by atoms with Gasteiger partial charge in [0.15, 0.2) is 0 Å². The van der Waals surface area contributed by atoms with E-state index in [4.69, 9.17) is 0 Å². The summed E-state index contributed by atoms with van der Waals surface area (Å²) in [5.41, 5.74) is 1.48. The summed E-state index contributed by atoms with van der Waals surface area (Å²) >= 11 is 4.61. The molecule has 0 aromatic carbocycles. The average Bonchev–Trinajstić information content (AvgIpc) is 3.11. The maximum Gasteiger partial charge on any atom is 0.271 e. The Labute approximate surface area is 130 Å². The molecular formula is C13H16N2O2S3. The Kier molecular flexibility index (Phi) is 5.59. The molecule has 20 heavy (non-hydrogen) atoms. The third kappa shape index (κ3) is 3.60. The number of amides is 1. The minimum absolute atomic E-state index is 0.00562. The average molecular weight is 328 g/mol. The Hall–Kier alpha value is -0.890. The molecule has 108 valence electrons. The lowest BCUT2D eigenvalue weighted by atomic mass is 10.2. The van der Waals surface area contributed by atoms with Crippen LogP contribution in [0.1, 0.15) is 17.4 Å². The van der Waals surface area contributed by atoms with E-state index in [1.807, 2.05) is 30.0 Å². The molecule has 4 nitrogen and oxygen atoms in total. The van der Waals surface area contributed by atoms with Gasteiger partial charge in [0.2, 0.25) is 0 Å². The first-order chi connectivity index (χ1) is 9.65. The predicted octanol–water partition coefficient (Wildman–Crippen LogP) is 2.71. The molecule has 0 aliphatic carbocycles. The lowest BCUT2D eigenvalue weighted by Gasteiger charge is -2.20. The minimum Gasteiger partial charge on any atom is -0.395 e. The zero-order valence-electron chi connectivity index (χ0n) is 11.2. The van der Waals surface area contributed by atoms with E-state index in [1.165, 1.54) is 23.1 Å². The fraction of sp³-hybridized carbons (Fsp3) is 0.385. The molecule has 2 unspecified atom stereocenters. The molecule has 2 atom stereocenters. The van der Waals surface area contributed by atoms with E-state index in [1.54, 1.807) is 16.7 Å². The van der Waals surface area contributed by atoms with Crippen LogP contribution in [0.2, 0.25) is 0 Å². The molecule has 0 aliphatic heterocycles. The van der Waals surface area contributed by atoms with Crippen molar-refractivity contribution in [2.45, 2.75) is 18.2 Å². The van der Waals surface area contributed by atoms with Crippen LogP contribution in [0.3, 0.4) is 0 Å². The van der Waals surface area contributed by atoms with E-state index in [0.29, 0.717) is 5.69 Å². The van der Waals surface area contributed by atoms with Gasteiger partial charge in [-0.2, -0.15) is 23.1 Å². The van der Waals surface area contributed by atoms with E-state index in [2.05, 4.69) is 10.3 Å². The standard InChI is InChI=1S/C13H16N2O2S3/c1-8(11(5-16)18-2)14-12(17)10-7-20-13(15-10)9-3-4-19-6-9/h3-4,6-8,11,16H,5H2,1-2H3,(H,14,17). The molecule has 2 heterocycles. The third-order valence-electron chi connectivity index (χ3n) is 2.90. The zero-order valence-corrected chi connectivity index (χ0v) is 13.6. The van der Waals surface area contributed by atoms with Crippen molar-refractivity contribution in [2.75, 3.05) is 12.9 Å². The molecular weight excluding hydrogens is 312 g/mol. The second-order valence-corrected chi connectivity index (χ2v) is 6.98. The SMILES string of the molecule is CSC(CO)C(C)NC(=O)c1csc(-c2ccsc2)n1. The highest BCUT2D eigenvalue weighted by Crippen LogP contribution is 2.25. The molecule has 2 aromatic heterocycles. The quantitative estimate of drug-likeness (QED) is 0.856. The number of aliphatic hydroxyl groups is 1. The number of thiazole rings is 1. The van der Waals surface area contributed by atoms with Gasteiger partial charge in [-0.05, 0) is 24.6 Å². The van der Waals surface area contributed by atoms with Crippen molar-refractivity contribution in [2.24, 2.45) is 0 Å². The zero-order chi connectivity index (χ0) is 14.5. The lowest BCUT2D eigenvalue weighted by Crippen LogP contribution is -2.41. The van der Waals surface area contributed by atoms with Crippen LogP contribution in [0.5, 0.6) is 0 Å². The van der Waals surface area contributed by atoms with Gasteiger partial charge in [0.25, 0.3) is 5.91 Å². The summed E-state index contributed by atoms with van der Waals surface area (Å²) in [6.07, 6.45) is 1.92. The highest BCUT2D eigenvalue weighted by atomic mass is 32.2. The molecule has 0 radical (unpaired) electrons. The highest BCUT2D eigenvalue weighted by Gasteiger charge is 2.19. The Bertz CT molecular complexity index is 550. The van der Waals surface area contributed by atoms with Crippen LogP contribution in [-0.4, -0.2) is 40.2 Å². The summed E-state index contributed by atoms with van der Waals surface area (Å²) < 4.78 is 0. The number of carbonyl (C=O) groups is 1. The molecule has 0 aliphatic rings. The Morgan fingerprint density at radius 3 is 2.95 bits per heavy atom. The maximum absolute atomic E-state index is 12.1. The van der Waals surface area contributed by atoms with Gasteiger partial charge in [-0.25, -0.2) is 4.98 Å². The third-order valence-corrected chi connectivity index (χ3v) is 5.64. The molecule has 0 fully saturated rings. The van der Waals surface area contributed by atoms with Crippen LogP contribution in [-0.2, 0) is 0 Å². The number of hydrogen-bond donors (Lipinski definition) is 2. The maximum atomic E-state index is 12.1. The van der Waals surface area contributed by atoms with Crippen molar-refractivity contribution < 1.29 is 9.90 Å². The fourth-order valence-corrected chi connectivity index (χ4v) is 3.84. The Balaban J connectivity index is 2.03. The first-order valence-electron chi connectivity index (χ1n) is 6.08. The predicted molar refractivity (Wildman–Crippen MR) is 86.7 cm³/mol. The molecule has 0 saturated heterocycles. The summed E-state index contributed by atoms with van der Waals surface area (Å²) in [4.78, 5) is 16.5. The van der Waals surface area contributed by atoms with Crippen molar-refractivity contribution in [1.82, 2.24) is 10.3 Å². The number of thioether (sulfide) groups is 1. The van der Waals surface area contributed by atoms with Crippen LogP contribution in [0.4, 0.5) is 0 Å². The molecule has 0 saturated carbocycles. The molecule has 2 aromatic rings. The van der Waals surface area contributed by atoms with Crippen molar-refractivity contribution in [3.05, 3.63) is 27.9 Å². The number of nitrogens with one attached hydrogen (secondary N) is 1. The molecule has 1 amide bonds.